The fraction of sp³-hybridized carbons (Fsp3) is 0.722. The Kier molecular flexibility index (Phi) is 5.53. The summed E-state index contributed by atoms with van der Waals surface area (Å²) in [6.07, 6.45) is 9.33. The Bertz CT molecular complexity index is 602. The minimum absolute atomic E-state index is 0.127. The quantitative estimate of drug-likeness (QED) is 0.786. The second kappa shape index (κ2) is 7.81. The fourth-order valence-electron chi connectivity index (χ4n) is 3.68. The fourth-order valence-corrected chi connectivity index (χ4v) is 3.68. The largest absolute Gasteiger partial charge is 0.351 e. The number of nitrogens with one attached hydrogen (secondary N) is 2. The van der Waals surface area contributed by atoms with Crippen molar-refractivity contribution in [2.45, 2.75) is 77.3 Å². The van der Waals surface area contributed by atoms with Crippen molar-refractivity contribution in [1.29, 1.82) is 0 Å². The molecule has 0 saturated heterocycles. The molecule has 2 aliphatic rings. The molecule has 24 heavy (non-hydrogen) atoms. The average Bonchev–Trinajstić information content (AvgIpc) is 3.22. The van der Waals surface area contributed by atoms with Gasteiger partial charge in [0.2, 0.25) is 0 Å². The number of rotatable bonds is 6. The highest BCUT2D eigenvalue weighted by Crippen LogP contribution is 2.22. The van der Waals surface area contributed by atoms with E-state index in [-0.39, 0.29) is 17.9 Å². The van der Waals surface area contributed by atoms with E-state index in [0.29, 0.717) is 18.1 Å². The van der Waals surface area contributed by atoms with Gasteiger partial charge in [0.05, 0.1) is 5.69 Å². The van der Waals surface area contributed by atoms with Crippen molar-refractivity contribution in [3.05, 3.63) is 17.2 Å². The molecular formula is C18H28N4O2. The number of unbranched alkanes of at least 4 members (excludes halogenated alkanes) is 1. The number of amides is 2. The molecule has 2 heterocycles. The Labute approximate surface area is 143 Å². The van der Waals surface area contributed by atoms with E-state index in [2.05, 4.69) is 22.5 Å². The van der Waals surface area contributed by atoms with Crippen molar-refractivity contribution in [3.63, 3.8) is 0 Å². The molecular weight excluding hydrogens is 304 g/mol. The average molecular weight is 332 g/mol. The molecule has 0 radical (unpaired) electrons. The Balaban J connectivity index is 1.78. The number of hydrogen-bond donors (Lipinski definition) is 2. The zero-order valence-electron chi connectivity index (χ0n) is 14.6. The van der Waals surface area contributed by atoms with Crippen LogP contribution in [0.2, 0.25) is 0 Å². The normalized spacial score (nSPS) is 17.5. The minimum atomic E-state index is -0.144. The van der Waals surface area contributed by atoms with Gasteiger partial charge in [0.25, 0.3) is 11.8 Å². The summed E-state index contributed by atoms with van der Waals surface area (Å²) in [5.41, 5.74) is 1.37. The van der Waals surface area contributed by atoms with Gasteiger partial charge in [0, 0.05) is 19.1 Å². The van der Waals surface area contributed by atoms with E-state index in [1.54, 1.807) is 0 Å². The highest BCUT2D eigenvalue weighted by molar-refractivity contribution is 5.97. The first-order valence-corrected chi connectivity index (χ1v) is 9.39. The molecule has 1 fully saturated rings. The molecule has 2 amide bonds. The molecule has 0 unspecified atom stereocenters. The third-order valence-corrected chi connectivity index (χ3v) is 5.04. The standard InChI is InChI=1S/C18H28N4O2/c1-2-3-11-19-17(23)15-14-10-6-7-12-22(14)16(21-15)18(24)20-13-8-4-5-9-13/h13H,2-12H2,1H3,(H,19,23)(H,20,24). The van der Waals surface area contributed by atoms with Gasteiger partial charge in [-0.1, -0.05) is 26.2 Å². The molecule has 0 atom stereocenters. The van der Waals surface area contributed by atoms with E-state index in [1.165, 1.54) is 12.8 Å². The summed E-state index contributed by atoms with van der Waals surface area (Å²) in [6.45, 7) is 3.53. The van der Waals surface area contributed by atoms with Crippen molar-refractivity contribution in [2.24, 2.45) is 0 Å². The minimum Gasteiger partial charge on any atom is -0.351 e. The van der Waals surface area contributed by atoms with Gasteiger partial charge in [-0.25, -0.2) is 4.98 Å². The van der Waals surface area contributed by atoms with Crippen molar-refractivity contribution >= 4 is 11.8 Å². The Morgan fingerprint density at radius 1 is 1.17 bits per heavy atom. The molecule has 1 aromatic heterocycles. The summed E-state index contributed by atoms with van der Waals surface area (Å²) in [7, 11) is 0. The molecule has 3 rings (SSSR count). The highest BCUT2D eigenvalue weighted by Gasteiger charge is 2.28. The molecule has 6 heteroatoms. The molecule has 1 saturated carbocycles. The van der Waals surface area contributed by atoms with E-state index in [0.717, 1.165) is 57.2 Å². The molecule has 0 bridgehead atoms. The van der Waals surface area contributed by atoms with Crippen LogP contribution in [0, 0.1) is 0 Å². The zero-order chi connectivity index (χ0) is 16.9. The molecule has 1 aliphatic heterocycles. The first-order chi connectivity index (χ1) is 11.7. The number of aromatic nitrogens is 2. The predicted molar refractivity (Wildman–Crippen MR) is 92.1 cm³/mol. The van der Waals surface area contributed by atoms with Gasteiger partial charge in [0.1, 0.15) is 5.69 Å². The second-order valence-corrected chi connectivity index (χ2v) is 6.90. The number of carbonyl (C=O) groups is 2. The van der Waals surface area contributed by atoms with Crippen LogP contribution in [0.4, 0.5) is 0 Å². The molecule has 0 aromatic carbocycles. The molecule has 132 valence electrons. The van der Waals surface area contributed by atoms with Crippen molar-refractivity contribution in [1.82, 2.24) is 20.2 Å². The maximum Gasteiger partial charge on any atom is 0.287 e. The van der Waals surface area contributed by atoms with Gasteiger partial charge < -0.3 is 15.2 Å². The summed E-state index contributed by atoms with van der Waals surface area (Å²) < 4.78 is 1.96. The maximum atomic E-state index is 12.6. The number of nitrogens with zero attached hydrogens (tertiary/aromatic N) is 2. The van der Waals surface area contributed by atoms with Crippen LogP contribution < -0.4 is 10.6 Å². The number of fused-ring (bicyclic) bond motifs is 1. The summed E-state index contributed by atoms with van der Waals surface area (Å²) in [5.74, 6) is 0.143. The Morgan fingerprint density at radius 2 is 1.96 bits per heavy atom. The van der Waals surface area contributed by atoms with E-state index >= 15 is 0 Å². The van der Waals surface area contributed by atoms with Crippen LogP contribution in [0.15, 0.2) is 0 Å². The lowest BCUT2D eigenvalue weighted by Gasteiger charge is -2.18. The van der Waals surface area contributed by atoms with E-state index in [4.69, 9.17) is 0 Å². The summed E-state index contributed by atoms with van der Waals surface area (Å²) in [6, 6.07) is 0.260. The van der Waals surface area contributed by atoms with Crippen LogP contribution in [-0.4, -0.2) is 34.0 Å². The number of hydrogen-bond acceptors (Lipinski definition) is 3. The Hall–Kier alpha value is -1.85. The van der Waals surface area contributed by atoms with Gasteiger partial charge in [-0.3, -0.25) is 9.59 Å². The topological polar surface area (TPSA) is 76.0 Å². The van der Waals surface area contributed by atoms with Gasteiger partial charge in [-0.2, -0.15) is 0 Å². The zero-order valence-corrected chi connectivity index (χ0v) is 14.6. The highest BCUT2D eigenvalue weighted by atomic mass is 16.2. The van der Waals surface area contributed by atoms with Crippen molar-refractivity contribution in [3.8, 4) is 0 Å². The van der Waals surface area contributed by atoms with E-state index in [1.807, 2.05) is 4.57 Å². The van der Waals surface area contributed by atoms with Crippen molar-refractivity contribution < 1.29 is 9.59 Å². The van der Waals surface area contributed by atoms with Crippen LogP contribution in [0.3, 0.4) is 0 Å². The SMILES string of the molecule is CCCCNC(=O)c1nc(C(=O)NC2CCCC2)n2c1CCCC2. The van der Waals surface area contributed by atoms with Crippen LogP contribution in [0.25, 0.3) is 0 Å². The number of imidazole rings is 1. The lowest BCUT2D eigenvalue weighted by Crippen LogP contribution is -2.35. The van der Waals surface area contributed by atoms with E-state index < -0.39 is 0 Å². The lowest BCUT2D eigenvalue weighted by atomic mass is 10.1. The molecule has 6 nitrogen and oxygen atoms in total. The summed E-state index contributed by atoms with van der Waals surface area (Å²) in [4.78, 5) is 29.5. The molecule has 1 aromatic rings. The smallest absolute Gasteiger partial charge is 0.287 e. The number of carbonyl (C=O) groups excluding carboxylic acids is 2. The monoisotopic (exact) mass is 332 g/mol. The molecule has 0 spiro atoms. The summed E-state index contributed by atoms with van der Waals surface area (Å²) >= 11 is 0. The van der Waals surface area contributed by atoms with Gasteiger partial charge >= 0.3 is 0 Å². The van der Waals surface area contributed by atoms with Crippen LogP contribution in [-0.2, 0) is 13.0 Å². The molecule has 2 N–H and O–H groups in total. The van der Waals surface area contributed by atoms with Gasteiger partial charge in [-0.15, -0.1) is 0 Å². The predicted octanol–water partition coefficient (Wildman–Crippen LogP) is 2.42. The first-order valence-electron chi connectivity index (χ1n) is 9.39. The van der Waals surface area contributed by atoms with Crippen LogP contribution in [0.1, 0.15) is 85.1 Å². The molecule has 1 aliphatic carbocycles. The maximum absolute atomic E-state index is 12.6. The first kappa shape index (κ1) is 17.0. The van der Waals surface area contributed by atoms with Gasteiger partial charge in [0.15, 0.2) is 5.82 Å². The van der Waals surface area contributed by atoms with E-state index in [9.17, 15) is 9.59 Å². The Morgan fingerprint density at radius 3 is 2.71 bits per heavy atom. The second-order valence-electron chi connectivity index (χ2n) is 6.90. The van der Waals surface area contributed by atoms with Crippen LogP contribution >= 0.6 is 0 Å². The summed E-state index contributed by atoms with van der Waals surface area (Å²) in [5, 5.41) is 6.02. The third kappa shape index (κ3) is 3.62. The van der Waals surface area contributed by atoms with Crippen LogP contribution in [0.5, 0.6) is 0 Å². The third-order valence-electron chi connectivity index (χ3n) is 5.04. The van der Waals surface area contributed by atoms with Crippen molar-refractivity contribution in [2.75, 3.05) is 6.54 Å². The lowest BCUT2D eigenvalue weighted by molar-refractivity contribution is 0.0921. The van der Waals surface area contributed by atoms with Gasteiger partial charge in [-0.05, 0) is 38.5 Å².